The number of hydrogen-bond acceptors (Lipinski definition) is 5. The first-order chi connectivity index (χ1) is 12.5. The first-order valence-corrected chi connectivity index (χ1v) is 9.77. The number of aryl methyl sites for hydroxylation is 2. The van der Waals surface area contributed by atoms with Gasteiger partial charge in [-0.1, -0.05) is 29.5 Å². The van der Waals surface area contributed by atoms with Crippen LogP contribution < -0.4 is 5.32 Å². The van der Waals surface area contributed by atoms with Gasteiger partial charge in [-0.15, -0.1) is 10.2 Å². The van der Waals surface area contributed by atoms with Crippen LogP contribution in [0, 0.1) is 17.4 Å². The number of fused-ring (bicyclic) bond motifs is 1. The number of anilines is 1. The molecule has 6 nitrogen and oxygen atoms in total. The Morgan fingerprint density at radius 2 is 2.00 bits per heavy atom. The van der Waals surface area contributed by atoms with Gasteiger partial charge in [0.05, 0.1) is 0 Å². The van der Waals surface area contributed by atoms with E-state index in [0.29, 0.717) is 5.56 Å². The molecule has 26 heavy (non-hydrogen) atoms. The van der Waals surface area contributed by atoms with Crippen molar-refractivity contribution in [3.8, 4) is 10.6 Å². The van der Waals surface area contributed by atoms with Crippen molar-refractivity contribution in [1.82, 2.24) is 19.8 Å². The molecule has 1 N–H and O–H groups in total. The lowest BCUT2D eigenvalue weighted by molar-refractivity contribution is 0.102. The van der Waals surface area contributed by atoms with Gasteiger partial charge in [-0.2, -0.15) is 9.61 Å². The van der Waals surface area contributed by atoms with Crippen molar-refractivity contribution in [2.24, 2.45) is 0 Å². The lowest BCUT2D eigenvalue weighted by Gasteiger charge is -2.10. The standard InChI is InChI=1S/C18H14IN5OS/c1-10-6-7-13(17-23-24-11(2)21-22-18(24)26-17)9-15(10)20-16(25)12-4-3-5-14(19)8-12/h3-9H,1-2H3,(H,20,25). The molecule has 0 aliphatic carbocycles. The van der Waals surface area contributed by atoms with Crippen molar-refractivity contribution in [3.05, 3.63) is 63.0 Å². The molecule has 2 heterocycles. The molecule has 0 aliphatic heterocycles. The van der Waals surface area contributed by atoms with Crippen molar-refractivity contribution >= 4 is 50.5 Å². The highest BCUT2D eigenvalue weighted by Gasteiger charge is 2.13. The number of halogens is 1. The lowest BCUT2D eigenvalue weighted by atomic mass is 10.1. The number of aromatic nitrogens is 4. The summed E-state index contributed by atoms with van der Waals surface area (Å²) in [5.41, 5.74) is 3.33. The maximum absolute atomic E-state index is 12.6. The van der Waals surface area contributed by atoms with Crippen LogP contribution in [0.5, 0.6) is 0 Å². The summed E-state index contributed by atoms with van der Waals surface area (Å²) < 4.78 is 2.75. The SMILES string of the molecule is Cc1ccc(-c2nn3c(C)nnc3s2)cc1NC(=O)c1cccc(I)c1. The van der Waals surface area contributed by atoms with Crippen LogP contribution in [0.15, 0.2) is 42.5 Å². The van der Waals surface area contributed by atoms with E-state index in [4.69, 9.17) is 0 Å². The Balaban J connectivity index is 1.66. The van der Waals surface area contributed by atoms with Crippen LogP contribution in [-0.4, -0.2) is 25.7 Å². The number of carbonyl (C=O) groups is 1. The molecule has 0 saturated heterocycles. The van der Waals surface area contributed by atoms with Crippen molar-refractivity contribution < 1.29 is 4.79 Å². The number of rotatable bonds is 3. The average molecular weight is 475 g/mol. The van der Waals surface area contributed by atoms with Gasteiger partial charge in [0.2, 0.25) is 4.96 Å². The maximum Gasteiger partial charge on any atom is 0.255 e. The van der Waals surface area contributed by atoms with Gasteiger partial charge in [-0.05, 0) is 66.3 Å². The van der Waals surface area contributed by atoms with E-state index in [0.717, 1.165) is 36.2 Å². The monoisotopic (exact) mass is 475 g/mol. The Kier molecular flexibility index (Phi) is 4.45. The molecule has 8 heteroatoms. The Morgan fingerprint density at radius 1 is 1.15 bits per heavy atom. The highest BCUT2D eigenvalue weighted by Crippen LogP contribution is 2.29. The fourth-order valence-corrected chi connectivity index (χ4v) is 3.97. The van der Waals surface area contributed by atoms with E-state index in [1.807, 2.05) is 56.3 Å². The highest BCUT2D eigenvalue weighted by atomic mass is 127. The second-order valence-corrected chi connectivity index (χ2v) is 8.04. The van der Waals surface area contributed by atoms with Gasteiger partial charge in [0.25, 0.3) is 5.91 Å². The first kappa shape index (κ1) is 17.1. The molecule has 0 unspecified atom stereocenters. The lowest BCUT2D eigenvalue weighted by Crippen LogP contribution is -2.13. The molecule has 0 aliphatic rings. The number of nitrogens with zero attached hydrogens (tertiary/aromatic N) is 4. The quantitative estimate of drug-likeness (QED) is 0.448. The van der Waals surface area contributed by atoms with Crippen LogP contribution in [0.4, 0.5) is 5.69 Å². The van der Waals surface area contributed by atoms with Gasteiger partial charge in [-0.3, -0.25) is 4.79 Å². The van der Waals surface area contributed by atoms with E-state index in [1.54, 1.807) is 4.52 Å². The van der Waals surface area contributed by atoms with Crippen LogP contribution in [0.1, 0.15) is 21.7 Å². The zero-order valence-corrected chi connectivity index (χ0v) is 17.0. The molecule has 0 fully saturated rings. The molecule has 2 aromatic heterocycles. The predicted octanol–water partition coefficient (Wildman–Crippen LogP) is 4.33. The number of amides is 1. The van der Waals surface area contributed by atoms with E-state index in [9.17, 15) is 4.79 Å². The van der Waals surface area contributed by atoms with Crippen molar-refractivity contribution in [2.75, 3.05) is 5.32 Å². The van der Waals surface area contributed by atoms with Crippen molar-refractivity contribution in [2.45, 2.75) is 13.8 Å². The Labute approximate surface area is 167 Å². The molecule has 2 aromatic carbocycles. The topological polar surface area (TPSA) is 72.2 Å². The largest absolute Gasteiger partial charge is 0.322 e. The highest BCUT2D eigenvalue weighted by molar-refractivity contribution is 14.1. The minimum absolute atomic E-state index is 0.127. The molecule has 4 rings (SSSR count). The second kappa shape index (κ2) is 6.76. The molecular formula is C18H14IN5OS. The van der Waals surface area contributed by atoms with Crippen molar-refractivity contribution in [1.29, 1.82) is 0 Å². The van der Waals surface area contributed by atoms with Crippen LogP contribution >= 0.6 is 33.9 Å². The first-order valence-electron chi connectivity index (χ1n) is 7.88. The molecule has 0 saturated carbocycles. The third-order valence-corrected chi connectivity index (χ3v) is 5.59. The molecule has 4 aromatic rings. The third kappa shape index (κ3) is 3.21. The summed E-state index contributed by atoms with van der Waals surface area (Å²) in [4.78, 5) is 13.3. The number of hydrogen-bond donors (Lipinski definition) is 1. The summed E-state index contributed by atoms with van der Waals surface area (Å²) in [5, 5.41) is 16.5. The number of benzene rings is 2. The van der Waals surface area contributed by atoms with Crippen LogP contribution in [0.2, 0.25) is 0 Å². The van der Waals surface area contributed by atoms with Gasteiger partial charge >= 0.3 is 0 Å². The third-order valence-electron chi connectivity index (χ3n) is 3.97. The summed E-state index contributed by atoms with van der Waals surface area (Å²) in [6, 6.07) is 13.4. The molecule has 130 valence electrons. The maximum atomic E-state index is 12.6. The summed E-state index contributed by atoms with van der Waals surface area (Å²) in [7, 11) is 0. The number of carbonyl (C=O) groups excluding carboxylic acids is 1. The van der Waals surface area contributed by atoms with Gasteiger partial charge in [0.15, 0.2) is 5.82 Å². The Hall–Kier alpha value is -2.33. The Morgan fingerprint density at radius 3 is 2.77 bits per heavy atom. The fraction of sp³-hybridized carbons (Fsp3) is 0.111. The van der Waals surface area contributed by atoms with E-state index in [-0.39, 0.29) is 5.91 Å². The summed E-state index contributed by atoms with van der Waals surface area (Å²) >= 11 is 3.67. The predicted molar refractivity (Wildman–Crippen MR) is 111 cm³/mol. The van der Waals surface area contributed by atoms with Crippen LogP contribution in [0.3, 0.4) is 0 Å². The van der Waals surface area contributed by atoms with E-state index < -0.39 is 0 Å². The van der Waals surface area contributed by atoms with Gasteiger partial charge < -0.3 is 5.32 Å². The molecule has 0 bridgehead atoms. The van der Waals surface area contributed by atoms with Gasteiger partial charge in [-0.25, -0.2) is 0 Å². The second-order valence-electron chi connectivity index (χ2n) is 5.84. The minimum Gasteiger partial charge on any atom is -0.322 e. The van der Waals surface area contributed by atoms with Crippen LogP contribution in [0.25, 0.3) is 15.5 Å². The Bertz CT molecular complexity index is 1130. The molecule has 1 amide bonds. The van der Waals surface area contributed by atoms with Crippen molar-refractivity contribution in [3.63, 3.8) is 0 Å². The molecule has 0 spiro atoms. The fourth-order valence-electron chi connectivity index (χ4n) is 2.55. The average Bonchev–Trinajstić information content (AvgIpc) is 3.19. The number of nitrogens with one attached hydrogen (secondary N) is 1. The van der Waals surface area contributed by atoms with E-state index in [2.05, 4.69) is 43.2 Å². The van der Waals surface area contributed by atoms with E-state index in [1.165, 1.54) is 11.3 Å². The summed E-state index contributed by atoms with van der Waals surface area (Å²) in [6.45, 7) is 3.84. The summed E-state index contributed by atoms with van der Waals surface area (Å²) in [6.07, 6.45) is 0. The van der Waals surface area contributed by atoms with E-state index >= 15 is 0 Å². The molecular weight excluding hydrogens is 461 g/mol. The molecule has 0 radical (unpaired) electrons. The van der Waals surface area contributed by atoms with Gasteiger partial charge in [0, 0.05) is 20.4 Å². The van der Waals surface area contributed by atoms with Crippen LogP contribution in [-0.2, 0) is 0 Å². The summed E-state index contributed by atoms with van der Waals surface area (Å²) in [5.74, 6) is 0.625. The zero-order chi connectivity index (χ0) is 18.3. The zero-order valence-electron chi connectivity index (χ0n) is 14.0. The smallest absolute Gasteiger partial charge is 0.255 e. The normalized spacial score (nSPS) is 11.0. The molecule has 0 atom stereocenters. The van der Waals surface area contributed by atoms with Gasteiger partial charge in [0.1, 0.15) is 5.01 Å². The minimum atomic E-state index is -0.127.